The summed E-state index contributed by atoms with van der Waals surface area (Å²) in [5.41, 5.74) is 8.30. The Kier molecular flexibility index (Phi) is 8.24. The van der Waals surface area contributed by atoms with Gasteiger partial charge in [0.15, 0.2) is 6.61 Å². The van der Waals surface area contributed by atoms with Gasteiger partial charge < -0.3 is 15.8 Å². The van der Waals surface area contributed by atoms with Crippen molar-refractivity contribution < 1.29 is 14.3 Å². The SMILES string of the molecule is CC1CCCN(Cc2ccc(CNC(=O)/C=C/c3ccc(OCC(N)=O)cc3)cc2)C1. The molecule has 3 rings (SSSR count). The highest BCUT2D eigenvalue weighted by Gasteiger charge is 2.16. The Morgan fingerprint density at radius 2 is 1.84 bits per heavy atom. The summed E-state index contributed by atoms with van der Waals surface area (Å²) in [6, 6.07) is 15.5. The van der Waals surface area contributed by atoms with Gasteiger partial charge in [-0.05, 0) is 60.2 Å². The number of carbonyl (C=O) groups is 2. The summed E-state index contributed by atoms with van der Waals surface area (Å²) in [7, 11) is 0. The van der Waals surface area contributed by atoms with E-state index in [0.717, 1.165) is 23.6 Å². The molecule has 1 heterocycles. The molecule has 1 aliphatic heterocycles. The molecule has 0 aliphatic carbocycles. The van der Waals surface area contributed by atoms with E-state index in [4.69, 9.17) is 10.5 Å². The summed E-state index contributed by atoms with van der Waals surface area (Å²) < 4.78 is 5.21. The molecule has 2 aromatic carbocycles. The highest BCUT2D eigenvalue weighted by Crippen LogP contribution is 2.18. The summed E-state index contributed by atoms with van der Waals surface area (Å²) in [4.78, 5) is 25.4. The van der Waals surface area contributed by atoms with Crippen LogP contribution >= 0.6 is 0 Å². The van der Waals surface area contributed by atoms with Gasteiger partial charge in [-0.25, -0.2) is 0 Å². The van der Waals surface area contributed by atoms with Gasteiger partial charge in [0.2, 0.25) is 5.91 Å². The number of amides is 2. The third-order valence-corrected chi connectivity index (χ3v) is 5.33. The number of benzene rings is 2. The predicted molar refractivity (Wildman–Crippen MR) is 122 cm³/mol. The Morgan fingerprint density at radius 1 is 1.13 bits per heavy atom. The van der Waals surface area contributed by atoms with Crippen molar-refractivity contribution in [2.45, 2.75) is 32.9 Å². The molecule has 0 aromatic heterocycles. The van der Waals surface area contributed by atoms with Crippen molar-refractivity contribution in [3.05, 3.63) is 71.3 Å². The molecule has 6 nitrogen and oxygen atoms in total. The maximum absolute atomic E-state index is 12.1. The minimum absolute atomic E-state index is 0.152. The van der Waals surface area contributed by atoms with E-state index in [0.29, 0.717) is 12.3 Å². The van der Waals surface area contributed by atoms with Crippen molar-refractivity contribution in [2.24, 2.45) is 11.7 Å². The molecule has 0 radical (unpaired) electrons. The van der Waals surface area contributed by atoms with Gasteiger partial charge in [-0.1, -0.05) is 43.3 Å². The van der Waals surface area contributed by atoms with Crippen molar-refractivity contribution in [3.63, 3.8) is 0 Å². The lowest BCUT2D eigenvalue weighted by Gasteiger charge is -2.30. The number of primary amides is 1. The van der Waals surface area contributed by atoms with Gasteiger partial charge in [-0.3, -0.25) is 14.5 Å². The van der Waals surface area contributed by atoms with Gasteiger partial charge in [0.25, 0.3) is 5.91 Å². The molecular weight excluding hydrogens is 390 g/mol. The van der Waals surface area contributed by atoms with E-state index in [1.807, 2.05) is 12.1 Å². The zero-order valence-electron chi connectivity index (χ0n) is 18.0. The molecule has 2 aromatic rings. The number of nitrogens with two attached hydrogens (primary N) is 1. The lowest BCUT2D eigenvalue weighted by molar-refractivity contribution is -0.120. The molecule has 3 N–H and O–H groups in total. The molecule has 1 atom stereocenters. The number of ether oxygens (including phenoxy) is 1. The second-order valence-corrected chi connectivity index (χ2v) is 8.17. The fourth-order valence-electron chi connectivity index (χ4n) is 3.70. The first-order valence-corrected chi connectivity index (χ1v) is 10.7. The van der Waals surface area contributed by atoms with Crippen LogP contribution in [0.4, 0.5) is 0 Å². The molecule has 164 valence electrons. The summed E-state index contributed by atoms with van der Waals surface area (Å²) in [6.07, 6.45) is 5.85. The van der Waals surface area contributed by atoms with Crippen molar-refractivity contribution in [3.8, 4) is 5.75 Å². The average molecular weight is 422 g/mol. The molecule has 0 bridgehead atoms. The highest BCUT2D eigenvalue weighted by molar-refractivity contribution is 5.91. The highest BCUT2D eigenvalue weighted by atomic mass is 16.5. The summed E-state index contributed by atoms with van der Waals surface area (Å²) in [6.45, 7) is 6.00. The van der Waals surface area contributed by atoms with Crippen LogP contribution in [0, 0.1) is 5.92 Å². The molecule has 1 unspecified atom stereocenters. The molecule has 0 spiro atoms. The van der Waals surface area contributed by atoms with E-state index in [1.165, 1.54) is 37.6 Å². The molecule has 1 saturated heterocycles. The first-order chi connectivity index (χ1) is 15.0. The third-order valence-electron chi connectivity index (χ3n) is 5.33. The zero-order chi connectivity index (χ0) is 22.1. The van der Waals surface area contributed by atoms with Crippen LogP contribution in [0.3, 0.4) is 0 Å². The number of likely N-dealkylation sites (tertiary alicyclic amines) is 1. The first-order valence-electron chi connectivity index (χ1n) is 10.7. The number of rotatable bonds is 9. The van der Waals surface area contributed by atoms with E-state index >= 15 is 0 Å². The topological polar surface area (TPSA) is 84.7 Å². The summed E-state index contributed by atoms with van der Waals surface area (Å²) in [5.74, 6) is 0.662. The van der Waals surface area contributed by atoms with Gasteiger partial charge in [-0.2, -0.15) is 0 Å². The van der Waals surface area contributed by atoms with Crippen LogP contribution in [0.25, 0.3) is 6.08 Å². The van der Waals surface area contributed by atoms with Gasteiger partial charge in [-0.15, -0.1) is 0 Å². The lowest BCUT2D eigenvalue weighted by atomic mass is 9.99. The Bertz CT molecular complexity index is 891. The van der Waals surface area contributed by atoms with Crippen LogP contribution in [-0.4, -0.2) is 36.4 Å². The van der Waals surface area contributed by atoms with Crippen LogP contribution in [-0.2, 0) is 22.7 Å². The van der Waals surface area contributed by atoms with Gasteiger partial charge in [0.1, 0.15) is 5.75 Å². The van der Waals surface area contributed by atoms with Gasteiger partial charge in [0.05, 0.1) is 0 Å². The molecular formula is C25H31N3O3. The second kappa shape index (κ2) is 11.3. The van der Waals surface area contributed by atoms with Crippen molar-refractivity contribution in [1.82, 2.24) is 10.2 Å². The Balaban J connectivity index is 1.42. The van der Waals surface area contributed by atoms with E-state index < -0.39 is 5.91 Å². The quantitative estimate of drug-likeness (QED) is 0.610. The largest absolute Gasteiger partial charge is 0.484 e. The lowest BCUT2D eigenvalue weighted by Crippen LogP contribution is -2.33. The van der Waals surface area contributed by atoms with Crippen molar-refractivity contribution >= 4 is 17.9 Å². The average Bonchev–Trinajstić information content (AvgIpc) is 2.76. The fourth-order valence-corrected chi connectivity index (χ4v) is 3.70. The molecule has 1 aliphatic rings. The molecule has 31 heavy (non-hydrogen) atoms. The van der Waals surface area contributed by atoms with E-state index in [-0.39, 0.29) is 12.5 Å². The second-order valence-electron chi connectivity index (χ2n) is 8.17. The third kappa shape index (κ3) is 7.90. The normalized spacial score (nSPS) is 16.9. The molecule has 6 heteroatoms. The van der Waals surface area contributed by atoms with E-state index in [1.54, 1.807) is 18.2 Å². The van der Waals surface area contributed by atoms with Crippen LogP contribution in [0.15, 0.2) is 54.6 Å². The number of carbonyl (C=O) groups excluding carboxylic acids is 2. The smallest absolute Gasteiger partial charge is 0.255 e. The number of hydrogen-bond acceptors (Lipinski definition) is 4. The van der Waals surface area contributed by atoms with Gasteiger partial charge >= 0.3 is 0 Å². The van der Waals surface area contributed by atoms with Crippen molar-refractivity contribution in [2.75, 3.05) is 19.7 Å². The number of piperidine rings is 1. The zero-order valence-corrected chi connectivity index (χ0v) is 18.0. The number of nitrogens with zero attached hydrogens (tertiary/aromatic N) is 1. The monoisotopic (exact) mass is 421 g/mol. The first kappa shape index (κ1) is 22.6. The van der Waals surface area contributed by atoms with E-state index in [2.05, 4.69) is 41.4 Å². The van der Waals surface area contributed by atoms with Crippen LogP contribution in [0.2, 0.25) is 0 Å². The summed E-state index contributed by atoms with van der Waals surface area (Å²) in [5, 5.41) is 2.91. The number of hydrogen-bond donors (Lipinski definition) is 2. The van der Waals surface area contributed by atoms with Crippen LogP contribution < -0.4 is 15.8 Å². The van der Waals surface area contributed by atoms with Crippen LogP contribution in [0.1, 0.15) is 36.5 Å². The minimum Gasteiger partial charge on any atom is -0.484 e. The minimum atomic E-state index is -0.521. The molecule has 0 saturated carbocycles. The Hall–Kier alpha value is -3.12. The maximum Gasteiger partial charge on any atom is 0.255 e. The fraction of sp³-hybridized carbons (Fsp3) is 0.360. The van der Waals surface area contributed by atoms with Gasteiger partial charge in [0, 0.05) is 25.7 Å². The Morgan fingerprint density at radius 3 is 2.52 bits per heavy atom. The van der Waals surface area contributed by atoms with E-state index in [9.17, 15) is 9.59 Å². The molecule has 1 fully saturated rings. The van der Waals surface area contributed by atoms with Crippen molar-refractivity contribution in [1.29, 1.82) is 0 Å². The van der Waals surface area contributed by atoms with Crippen LogP contribution in [0.5, 0.6) is 5.75 Å². The maximum atomic E-state index is 12.1. The predicted octanol–water partition coefficient (Wildman–Crippen LogP) is 3.11. The standard InChI is InChI=1S/C25H31N3O3/c1-19-3-2-14-28(16-19)17-22-6-4-21(5-7-22)15-27-25(30)13-10-20-8-11-23(12-9-20)31-18-24(26)29/h4-13,19H,2-3,14-18H2,1H3,(H2,26,29)(H,27,30)/b13-10+. The summed E-state index contributed by atoms with van der Waals surface area (Å²) >= 11 is 0. The molecule has 2 amide bonds. The number of nitrogens with one attached hydrogen (secondary N) is 1. The Labute approximate surface area is 184 Å².